The second-order valence-electron chi connectivity index (χ2n) is 5.32. The van der Waals surface area contributed by atoms with Gasteiger partial charge in [0.2, 0.25) is 0 Å². The number of rotatable bonds is 7. The maximum atomic E-state index is 5.65. The average molecular weight is 283 g/mol. The Morgan fingerprint density at radius 3 is 2.38 bits per heavy atom. The highest BCUT2D eigenvalue weighted by atomic mass is 16.5. The van der Waals surface area contributed by atoms with E-state index in [1.54, 1.807) is 0 Å². The summed E-state index contributed by atoms with van der Waals surface area (Å²) >= 11 is 0. The Kier molecular flexibility index (Phi) is 5.82. The highest BCUT2D eigenvalue weighted by molar-refractivity contribution is 5.36. The number of hydrogen-bond acceptors (Lipinski definition) is 2. The lowest BCUT2D eigenvalue weighted by molar-refractivity contribution is 0.317. The molecule has 0 radical (unpaired) electrons. The summed E-state index contributed by atoms with van der Waals surface area (Å²) in [5.41, 5.74) is 3.86. The summed E-state index contributed by atoms with van der Waals surface area (Å²) in [7, 11) is 0. The van der Waals surface area contributed by atoms with E-state index >= 15 is 0 Å². The molecule has 0 saturated heterocycles. The molecule has 112 valence electrons. The summed E-state index contributed by atoms with van der Waals surface area (Å²) in [6.07, 6.45) is 1.03. The van der Waals surface area contributed by atoms with Crippen molar-refractivity contribution in [3.8, 4) is 5.75 Å². The smallest absolute Gasteiger partial charge is 0.119 e. The topological polar surface area (TPSA) is 21.3 Å². The largest absolute Gasteiger partial charge is 0.494 e. The van der Waals surface area contributed by atoms with Gasteiger partial charge in [-0.2, -0.15) is 0 Å². The zero-order chi connectivity index (χ0) is 15.1. The van der Waals surface area contributed by atoms with E-state index in [0.29, 0.717) is 0 Å². The van der Waals surface area contributed by atoms with Gasteiger partial charge in [-0.15, -0.1) is 0 Å². The van der Waals surface area contributed by atoms with Crippen LogP contribution >= 0.6 is 0 Å². The summed E-state index contributed by atoms with van der Waals surface area (Å²) < 4.78 is 5.65. The van der Waals surface area contributed by atoms with Crippen LogP contribution in [0.4, 0.5) is 0 Å². The molecule has 2 heteroatoms. The number of hydrogen-bond donors (Lipinski definition) is 1. The lowest BCUT2D eigenvalue weighted by atomic mass is 9.97. The minimum absolute atomic E-state index is 0.232. The van der Waals surface area contributed by atoms with Crippen molar-refractivity contribution in [2.24, 2.45) is 0 Å². The standard InChI is InChI=1S/C19H25NO/c1-4-13-21-18-11-9-16(10-12-18)19(20-5-2)17-8-6-7-15(3)14-17/h6-12,14,19-20H,4-5,13H2,1-3H3. The third kappa shape index (κ3) is 4.33. The van der Waals surface area contributed by atoms with Crippen LogP contribution in [0, 0.1) is 6.92 Å². The molecular formula is C19H25NO. The third-order valence-corrected chi connectivity index (χ3v) is 3.47. The van der Waals surface area contributed by atoms with Gasteiger partial charge in [-0.25, -0.2) is 0 Å². The van der Waals surface area contributed by atoms with E-state index in [2.05, 4.69) is 74.6 Å². The molecule has 1 unspecified atom stereocenters. The van der Waals surface area contributed by atoms with Crippen LogP contribution in [0.1, 0.15) is 43.0 Å². The fourth-order valence-electron chi connectivity index (χ4n) is 2.46. The van der Waals surface area contributed by atoms with Crippen LogP contribution in [-0.2, 0) is 0 Å². The Morgan fingerprint density at radius 1 is 1.00 bits per heavy atom. The number of aryl methyl sites for hydroxylation is 1. The van der Waals surface area contributed by atoms with E-state index in [1.165, 1.54) is 16.7 Å². The molecule has 1 N–H and O–H groups in total. The molecule has 0 saturated carbocycles. The van der Waals surface area contributed by atoms with Gasteiger partial charge in [-0.1, -0.05) is 55.8 Å². The maximum Gasteiger partial charge on any atom is 0.119 e. The summed E-state index contributed by atoms with van der Waals surface area (Å²) in [5.74, 6) is 0.945. The molecule has 2 nitrogen and oxygen atoms in total. The fraction of sp³-hybridized carbons (Fsp3) is 0.368. The minimum atomic E-state index is 0.232. The first kappa shape index (κ1) is 15.6. The molecule has 2 aromatic rings. The van der Waals surface area contributed by atoms with Crippen molar-refractivity contribution in [1.29, 1.82) is 0 Å². The second-order valence-corrected chi connectivity index (χ2v) is 5.32. The van der Waals surface area contributed by atoms with Gasteiger partial charge in [-0.05, 0) is 43.1 Å². The van der Waals surface area contributed by atoms with Crippen LogP contribution in [-0.4, -0.2) is 13.2 Å². The molecule has 0 heterocycles. The van der Waals surface area contributed by atoms with Gasteiger partial charge in [0.15, 0.2) is 0 Å². The van der Waals surface area contributed by atoms with Crippen molar-refractivity contribution in [1.82, 2.24) is 5.32 Å². The Balaban J connectivity index is 2.21. The van der Waals surface area contributed by atoms with E-state index in [4.69, 9.17) is 4.74 Å². The first-order valence-electron chi connectivity index (χ1n) is 7.77. The van der Waals surface area contributed by atoms with Gasteiger partial charge in [-0.3, -0.25) is 0 Å². The molecular weight excluding hydrogens is 258 g/mol. The van der Waals surface area contributed by atoms with E-state index in [9.17, 15) is 0 Å². The summed E-state index contributed by atoms with van der Waals surface area (Å²) in [6.45, 7) is 8.10. The fourth-order valence-corrected chi connectivity index (χ4v) is 2.46. The predicted octanol–water partition coefficient (Wildman–Crippen LogP) is 4.48. The van der Waals surface area contributed by atoms with Crippen LogP contribution in [0.2, 0.25) is 0 Å². The zero-order valence-electron chi connectivity index (χ0n) is 13.2. The van der Waals surface area contributed by atoms with Gasteiger partial charge in [0, 0.05) is 0 Å². The van der Waals surface area contributed by atoms with Gasteiger partial charge in [0.1, 0.15) is 5.75 Å². The van der Waals surface area contributed by atoms with Crippen molar-refractivity contribution in [2.45, 2.75) is 33.2 Å². The molecule has 0 spiro atoms. The number of ether oxygens (including phenoxy) is 1. The van der Waals surface area contributed by atoms with Crippen molar-refractivity contribution in [3.63, 3.8) is 0 Å². The van der Waals surface area contributed by atoms with Crippen molar-refractivity contribution < 1.29 is 4.74 Å². The zero-order valence-corrected chi connectivity index (χ0v) is 13.2. The molecule has 1 atom stereocenters. The molecule has 2 rings (SSSR count). The first-order chi connectivity index (χ1) is 10.2. The summed E-state index contributed by atoms with van der Waals surface area (Å²) in [6, 6.07) is 17.3. The van der Waals surface area contributed by atoms with Crippen LogP contribution < -0.4 is 10.1 Å². The molecule has 2 aromatic carbocycles. The van der Waals surface area contributed by atoms with Crippen LogP contribution in [0.3, 0.4) is 0 Å². The molecule has 0 aliphatic rings. The maximum absolute atomic E-state index is 5.65. The average Bonchev–Trinajstić information content (AvgIpc) is 2.51. The Bertz CT molecular complexity index is 548. The van der Waals surface area contributed by atoms with Gasteiger partial charge in [0.25, 0.3) is 0 Å². The summed E-state index contributed by atoms with van der Waals surface area (Å²) in [5, 5.41) is 3.56. The van der Waals surface area contributed by atoms with E-state index in [0.717, 1.165) is 25.3 Å². The van der Waals surface area contributed by atoms with E-state index in [-0.39, 0.29) is 6.04 Å². The highest BCUT2D eigenvalue weighted by Crippen LogP contribution is 2.24. The number of benzene rings is 2. The third-order valence-electron chi connectivity index (χ3n) is 3.47. The van der Waals surface area contributed by atoms with Crippen LogP contribution in [0.5, 0.6) is 5.75 Å². The van der Waals surface area contributed by atoms with Crippen LogP contribution in [0.15, 0.2) is 48.5 Å². The van der Waals surface area contributed by atoms with Gasteiger partial charge in [0.05, 0.1) is 12.6 Å². The Labute approximate surface area is 128 Å². The minimum Gasteiger partial charge on any atom is -0.494 e. The monoisotopic (exact) mass is 283 g/mol. The van der Waals surface area contributed by atoms with Gasteiger partial charge < -0.3 is 10.1 Å². The first-order valence-corrected chi connectivity index (χ1v) is 7.77. The second kappa shape index (κ2) is 7.84. The predicted molar refractivity (Wildman–Crippen MR) is 88.9 cm³/mol. The van der Waals surface area contributed by atoms with Crippen LogP contribution in [0.25, 0.3) is 0 Å². The molecule has 0 aliphatic carbocycles. The quantitative estimate of drug-likeness (QED) is 0.808. The van der Waals surface area contributed by atoms with Gasteiger partial charge >= 0.3 is 0 Å². The van der Waals surface area contributed by atoms with E-state index < -0.39 is 0 Å². The van der Waals surface area contributed by atoms with Crippen molar-refractivity contribution >= 4 is 0 Å². The van der Waals surface area contributed by atoms with Crippen molar-refractivity contribution in [2.75, 3.05) is 13.2 Å². The molecule has 21 heavy (non-hydrogen) atoms. The SMILES string of the molecule is CCCOc1ccc(C(NCC)c2cccc(C)c2)cc1. The number of nitrogens with one attached hydrogen (secondary N) is 1. The Hall–Kier alpha value is -1.80. The lowest BCUT2D eigenvalue weighted by Crippen LogP contribution is -2.22. The van der Waals surface area contributed by atoms with Crippen molar-refractivity contribution in [3.05, 3.63) is 65.2 Å². The normalized spacial score (nSPS) is 12.1. The molecule has 0 amide bonds. The lowest BCUT2D eigenvalue weighted by Gasteiger charge is -2.20. The molecule has 0 fully saturated rings. The van der Waals surface area contributed by atoms with E-state index in [1.807, 2.05) is 0 Å². The molecule has 0 bridgehead atoms. The Morgan fingerprint density at radius 2 is 1.76 bits per heavy atom. The molecule has 0 aromatic heterocycles. The molecule has 0 aliphatic heterocycles. The summed E-state index contributed by atoms with van der Waals surface area (Å²) in [4.78, 5) is 0. The highest BCUT2D eigenvalue weighted by Gasteiger charge is 2.12.